The summed E-state index contributed by atoms with van der Waals surface area (Å²) in [6.45, 7) is 3.73. The zero-order valence-corrected chi connectivity index (χ0v) is 9.28. The topological polar surface area (TPSA) is 33.3 Å². The molecule has 1 unspecified atom stereocenters. The van der Waals surface area contributed by atoms with Gasteiger partial charge in [0.05, 0.1) is 12.7 Å². The van der Waals surface area contributed by atoms with Crippen molar-refractivity contribution >= 4 is 0 Å². The van der Waals surface area contributed by atoms with Crippen LogP contribution < -0.4 is 10.6 Å². The highest BCUT2D eigenvalue weighted by Gasteiger charge is 2.25. The maximum Gasteiger partial charge on any atom is 0.389 e. The third-order valence-corrected chi connectivity index (χ3v) is 2.44. The zero-order valence-electron chi connectivity index (χ0n) is 9.28. The Morgan fingerprint density at radius 3 is 2.75 bits per heavy atom. The van der Waals surface area contributed by atoms with E-state index in [1.165, 1.54) is 0 Å². The molecule has 0 radical (unpaired) electrons. The second kappa shape index (κ2) is 7.09. The van der Waals surface area contributed by atoms with Crippen LogP contribution >= 0.6 is 0 Å². The van der Waals surface area contributed by atoms with Crippen LogP contribution in [0.15, 0.2) is 0 Å². The van der Waals surface area contributed by atoms with Gasteiger partial charge in [-0.3, -0.25) is 0 Å². The number of morpholine rings is 1. The Bertz CT molecular complexity index is 181. The second-order valence-corrected chi connectivity index (χ2v) is 3.97. The molecule has 1 rings (SSSR count). The molecule has 0 bridgehead atoms. The molecule has 0 spiro atoms. The Kier molecular flexibility index (Phi) is 6.08. The molecule has 1 atom stereocenters. The molecule has 6 heteroatoms. The van der Waals surface area contributed by atoms with E-state index in [0.717, 1.165) is 13.1 Å². The number of rotatable bonds is 6. The molecule has 2 N–H and O–H groups in total. The number of halogens is 3. The minimum atomic E-state index is -4.02. The highest BCUT2D eigenvalue weighted by atomic mass is 19.4. The molecule has 1 aliphatic heterocycles. The third kappa shape index (κ3) is 7.03. The van der Waals surface area contributed by atoms with Gasteiger partial charge in [0.15, 0.2) is 0 Å². The van der Waals surface area contributed by atoms with Crippen LogP contribution in [0.4, 0.5) is 13.2 Å². The summed E-state index contributed by atoms with van der Waals surface area (Å²) in [5, 5.41) is 6.30. The molecule has 0 aromatic carbocycles. The van der Waals surface area contributed by atoms with Gasteiger partial charge in [-0.05, 0) is 19.4 Å². The summed E-state index contributed by atoms with van der Waals surface area (Å²) in [6.07, 6.45) is -3.80. The summed E-state index contributed by atoms with van der Waals surface area (Å²) in [7, 11) is 0. The predicted octanol–water partition coefficient (Wildman–Crippen LogP) is 1.30. The van der Waals surface area contributed by atoms with Crippen molar-refractivity contribution in [1.82, 2.24) is 10.6 Å². The molecule has 1 aliphatic rings. The van der Waals surface area contributed by atoms with Gasteiger partial charge in [0, 0.05) is 26.1 Å². The van der Waals surface area contributed by atoms with Crippen molar-refractivity contribution in [3.05, 3.63) is 0 Å². The van der Waals surface area contributed by atoms with Gasteiger partial charge in [0.1, 0.15) is 0 Å². The summed E-state index contributed by atoms with van der Waals surface area (Å²) in [4.78, 5) is 0. The first-order valence-electron chi connectivity index (χ1n) is 5.68. The van der Waals surface area contributed by atoms with Crippen LogP contribution in [-0.2, 0) is 4.74 Å². The van der Waals surface area contributed by atoms with Crippen molar-refractivity contribution in [1.29, 1.82) is 0 Å². The fourth-order valence-electron chi connectivity index (χ4n) is 1.59. The molecule has 1 fully saturated rings. The van der Waals surface area contributed by atoms with Crippen molar-refractivity contribution < 1.29 is 17.9 Å². The number of unbranched alkanes of at least 4 members (excludes halogenated alkanes) is 1. The van der Waals surface area contributed by atoms with Crippen LogP contribution in [0.25, 0.3) is 0 Å². The summed E-state index contributed by atoms with van der Waals surface area (Å²) < 4.78 is 40.9. The fourth-order valence-corrected chi connectivity index (χ4v) is 1.59. The minimum absolute atomic E-state index is 0.149. The van der Waals surface area contributed by atoms with Crippen LogP contribution in [-0.4, -0.2) is 45.1 Å². The Labute approximate surface area is 93.7 Å². The first-order valence-corrected chi connectivity index (χ1v) is 5.68. The van der Waals surface area contributed by atoms with Gasteiger partial charge in [0.25, 0.3) is 0 Å². The Hall–Kier alpha value is -0.330. The van der Waals surface area contributed by atoms with Crippen molar-refractivity contribution in [3.63, 3.8) is 0 Å². The van der Waals surface area contributed by atoms with E-state index in [4.69, 9.17) is 4.74 Å². The van der Waals surface area contributed by atoms with E-state index in [1.807, 2.05) is 0 Å². The number of hydrogen-bond donors (Lipinski definition) is 2. The van der Waals surface area contributed by atoms with Gasteiger partial charge in [-0.1, -0.05) is 0 Å². The van der Waals surface area contributed by atoms with Gasteiger partial charge < -0.3 is 15.4 Å². The van der Waals surface area contributed by atoms with Crippen LogP contribution in [0.5, 0.6) is 0 Å². The molecule has 1 saturated heterocycles. The summed E-state index contributed by atoms with van der Waals surface area (Å²) in [6, 6.07) is 0. The van der Waals surface area contributed by atoms with Gasteiger partial charge in [-0.15, -0.1) is 0 Å². The number of alkyl halides is 3. The number of nitrogens with one attached hydrogen (secondary N) is 2. The largest absolute Gasteiger partial charge is 0.389 e. The van der Waals surface area contributed by atoms with Gasteiger partial charge in [-0.25, -0.2) is 0 Å². The van der Waals surface area contributed by atoms with E-state index in [2.05, 4.69) is 10.6 Å². The minimum Gasteiger partial charge on any atom is -0.374 e. The normalized spacial score (nSPS) is 22.3. The van der Waals surface area contributed by atoms with E-state index in [9.17, 15) is 13.2 Å². The molecule has 0 saturated carbocycles. The second-order valence-electron chi connectivity index (χ2n) is 3.97. The summed E-state index contributed by atoms with van der Waals surface area (Å²) in [5.41, 5.74) is 0. The van der Waals surface area contributed by atoms with Gasteiger partial charge in [0.2, 0.25) is 0 Å². The van der Waals surface area contributed by atoms with E-state index >= 15 is 0 Å². The Morgan fingerprint density at radius 2 is 2.12 bits per heavy atom. The highest BCUT2D eigenvalue weighted by molar-refractivity contribution is 4.69. The maximum absolute atomic E-state index is 11.8. The van der Waals surface area contributed by atoms with Gasteiger partial charge in [-0.2, -0.15) is 13.2 Å². The molecule has 16 heavy (non-hydrogen) atoms. The van der Waals surface area contributed by atoms with Crippen LogP contribution in [0, 0.1) is 0 Å². The van der Waals surface area contributed by atoms with Gasteiger partial charge >= 0.3 is 6.18 Å². The number of hydrogen-bond acceptors (Lipinski definition) is 3. The lowest BCUT2D eigenvalue weighted by Crippen LogP contribution is -2.44. The van der Waals surface area contributed by atoms with Crippen LogP contribution in [0.1, 0.15) is 19.3 Å². The Morgan fingerprint density at radius 1 is 1.31 bits per heavy atom. The third-order valence-electron chi connectivity index (χ3n) is 2.44. The van der Waals surface area contributed by atoms with E-state index in [-0.39, 0.29) is 12.5 Å². The lowest BCUT2D eigenvalue weighted by atomic mass is 10.2. The molecule has 0 aromatic rings. The molecule has 96 valence electrons. The van der Waals surface area contributed by atoms with Crippen molar-refractivity contribution in [2.75, 3.05) is 32.8 Å². The quantitative estimate of drug-likeness (QED) is 0.686. The lowest BCUT2D eigenvalue weighted by Gasteiger charge is -2.23. The Balaban J connectivity index is 1.87. The van der Waals surface area contributed by atoms with Crippen LogP contribution in [0.3, 0.4) is 0 Å². The maximum atomic E-state index is 11.8. The first-order chi connectivity index (χ1) is 7.58. The molecular formula is C10H19F3N2O. The average Bonchev–Trinajstić information content (AvgIpc) is 2.23. The predicted molar refractivity (Wildman–Crippen MR) is 55.4 cm³/mol. The van der Waals surface area contributed by atoms with Crippen molar-refractivity contribution in [3.8, 4) is 0 Å². The van der Waals surface area contributed by atoms with Crippen molar-refractivity contribution in [2.24, 2.45) is 0 Å². The standard InChI is InChI=1S/C10H19F3N2O/c11-10(12,13)3-1-2-4-14-7-9-8-15-5-6-16-9/h9,14-15H,1-8H2. The molecule has 1 heterocycles. The summed E-state index contributed by atoms with van der Waals surface area (Å²) >= 11 is 0. The van der Waals surface area contributed by atoms with E-state index < -0.39 is 12.6 Å². The number of ether oxygens (including phenoxy) is 1. The fraction of sp³-hybridized carbons (Fsp3) is 1.00. The highest BCUT2D eigenvalue weighted by Crippen LogP contribution is 2.21. The monoisotopic (exact) mass is 240 g/mol. The summed E-state index contributed by atoms with van der Waals surface area (Å²) in [5.74, 6) is 0. The molecule has 3 nitrogen and oxygen atoms in total. The zero-order chi connectivity index (χ0) is 11.9. The van der Waals surface area contributed by atoms with Crippen LogP contribution in [0.2, 0.25) is 0 Å². The molecule has 0 amide bonds. The van der Waals surface area contributed by atoms with Crippen molar-refractivity contribution in [2.45, 2.75) is 31.5 Å². The van der Waals surface area contributed by atoms with E-state index in [0.29, 0.717) is 26.1 Å². The molecule has 0 aromatic heterocycles. The molecular weight excluding hydrogens is 221 g/mol. The SMILES string of the molecule is FC(F)(F)CCCCNCC1CNCCO1. The van der Waals surface area contributed by atoms with E-state index in [1.54, 1.807) is 0 Å². The lowest BCUT2D eigenvalue weighted by molar-refractivity contribution is -0.135. The smallest absolute Gasteiger partial charge is 0.374 e. The average molecular weight is 240 g/mol. The molecule has 0 aliphatic carbocycles. The first kappa shape index (κ1) is 13.7.